The fourth-order valence-corrected chi connectivity index (χ4v) is 5.19. The summed E-state index contributed by atoms with van der Waals surface area (Å²) in [5.74, 6) is 5.80. The lowest BCUT2D eigenvalue weighted by Gasteiger charge is -2.19. The standard InChI is InChI=1S/C18H25NS2.C2H2O4/c1-19-17(13-12-16-8-3-2-4-9-16)10-5-6-11-18-20-14-7-15-21-18;3-1(4)2(5)6/h2-4,8-9,17-19H,6-7,11-15H2,1H3;(H,3,4)(H,5,6). The molecule has 1 saturated heterocycles. The molecule has 2 rings (SSSR count). The lowest BCUT2D eigenvalue weighted by molar-refractivity contribution is -0.159. The maximum Gasteiger partial charge on any atom is 0.414 e. The van der Waals surface area contributed by atoms with Crippen molar-refractivity contribution in [2.24, 2.45) is 0 Å². The second-order valence-corrected chi connectivity index (χ2v) is 8.78. The quantitative estimate of drug-likeness (QED) is 0.491. The largest absolute Gasteiger partial charge is 0.473 e. The van der Waals surface area contributed by atoms with E-state index in [1.165, 1.54) is 29.9 Å². The number of thioether (sulfide) groups is 2. The van der Waals surface area contributed by atoms with Gasteiger partial charge >= 0.3 is 11.9 Å². The van der Waals surface area contributed by atoms with Crippen LogP contribution in [-0.4, -0.2) is 51.3 Å². The van der Waals surface area contributed by atoms with Gasteiger partial charge < -0.3 is 15.5 Å². The van der Waals surface area contributed by atoms with Crippen LogP contribution in [0.25, 0.3) is 0 Å². The third kappa shape index (κ3) is 11.6. The molecule has 1 unspecified atom stereocenters. The summed E-state index contributed by atoms with van der Waals surface area (Å²) in [5, 5.41) is 18.1. The van der Waals surface area contributed by atoms with Gasteiger partial charge in [-0.3, -0.25) is 0 Å². The van der Waals surface area contributed by atoms with Crippen LogP contribution in [0.1, 0.15) is 31.2 Å². The molecule has 0 radical (unpaired) electrons. The van der Waals surface area contributed by atoms with Gasteiger partial charge in [-0.25, -0.2) is 9.59 Å². The van der Waals surface area contributed by atoms with Crippen LogP contribution in [0.15, 0.2) is 30.3 Å². The first-order valence-electron chi connectivity index (χ1n) is 8.92. The van der Waals surface area contributed by atoms with E-state index in [9.17, 15) is 0 Å². The van der Waals surface area contributed by atoms with Crippen LogP contribution in [0.3, 0.4) is 0 Å². The average Bonchev–Trinajstić information content (AvgIpc) is 2.69. The minimum absolute atomic E-state index is 0.317. The molecule has 7 heteroatoms. The molecular formula is C20H27NO4S2. The van der Waals surface area contributed by atoms with E-state index >= 15 is 0 Å². The predicted octanol–water partition coefficient (Wildman–Crippen LogP) is 3.34. The van der Waals surface area contributed by atoms with Crippen molar-refractivity contribution < 1.29 is 19.8 Å². The highest BCUT2D eigenvalue weighted by Gasteiger charge is 2.13. The summed E-state index contributed by atoms with van der Waals surface area (Å²) in [6, 6.07) is 11.0. The molecule has 0 aromatic heterocycles. The second kappa shape index (κ2) is 14.4. The maximum atomic E-state index is 9.10. The van der Waals surface area contributed by atoms with Crippen LogP contribution in [0.4, 0.5) is 0 Å². The van der Waals surface area contributed by atoms with Gasteiger partial charge in [-0.15, -0.1) is 29.4 Å². The minimum Gasteiger partial charge on any atom is -0.473 e. The molecule has 1 atom stereocenters. The summed E-state index contributed by atoms with van der Waals surface area (Å²) in [5.41, 5.74) is 1.40. The predicted molar refractivity (Wildman–Crippen MR) is 113 cm³/mol. The van der Waals surface area contributed by atoms with E-state index in [4.69, 9.17) is 19.8 Å². The van der Waals surface area contributed by atoms with E-state index in [-0.39, 0.29) is 0 Å². The van der Waals surface area contributed by atoms with Gasteiger partial charge in [0.25, 0.3) is 0 Å². The van der Waals surface area contributed by atoms with E-state index in [1.807, 2.05) is 7.05 Å². The first-order valence-corrected chi connectivity index (χ1v) is 11.0. The Hall–Kier alpha value is -1.62. The summed E-state index contributed by atoms with van der Waals surface area (Å²) in [4.78, 5) is 18.2. The summed E-state index contributed by atoms with van der Waals surface area (Å²) in [7, 11) is 2.01. The van der Waals surface area contributed by atoms with Crippen molar-refractivity contribution in [1.29, 1.82) is 0 Å². The van der Waals surface area contributed by atoms with Gasteiger partial charge in [0, 0.05) is 6.42 Å². The van der Waals surface area contributed by atoms with Gasteiger partial charge in [-0.1, -0.05) is 36.3 Å². The summed E-state index contributed by atoms with van der Waals surface area (Å²) >= 11 is 4.23. The zero-order valence-electron chi connectivity index (χ0n) is 15.5. The van der Waals surface area contributed by atoms with Crippen LogP contribution in [-0.2, 0) is 16.0 Å². The van der Waals surface area contributed by atoms with E-state index in [2.05, 4.69) is 71.0 Å². The fraction of sp³-hybridized carbons (Fsp3) is 0.500. The molecule has 0 spiro atoms. The number of aliphatic carboxylic acids is 2. The normalized spacial score (nSPS) is 14.9. The lowest BCUT2D eigenvalue weighted by atomic mass is 10.1. The maximum absolute atomic E-state index is 9.10. The molecule has 1 fully saturated rings. The van der Waals surface area contributed by atoms with E-state index in [1.54, 1.807) is 0 Å². The van der Waals surface area contributed by atoms with Crippen LogP contribution in [0, 0.1) is 11.8 Å². The SMILES string of the molecule is CNC(C#CCCC1SCCCS1)CCc1ccccc1.O=C(O)C(=O)O. The third-order valence-corrected chi connectivity index (χ3v) is 6.85. The van der Waals surface area contributed by atoms with Gasteiger partial charge in [0.1, 0.15) is 0 Å². The van der Waals surface area contributed by atoms with Crippen LogP contribution >= 0.6 is 23.5 Å². The molecule has 0 bridgehead atoms. The topological polar surface area (TPSA) is 86.6 Å². The molecule has 1 aliphatic rings. The molecule has 27 heavy (non-hydrogen) atoms. The van der Waals surface area contributed by atoms with E-state index < -0.39 is 11.9 Å². The second-order valence-electron chi connectivity index (χ2n) is 5.86. The number of hydrogen-bond donors (Lipinski definition) is 3. The molecule has 1 aromatic rings. The summed E-state index contributed by atoms with van der Waals surface area (Å²) in [6.07, 6.45) is 5.82. The Morgan fingerprint density at radius 3 is 2.37 bits per heavy atom. The molecule has 0 aliphatic carbocycles. The smallest absolute Gasteiger partial charge is 0.414 e. The first-order chi connectivity index (χ1) is 13.0. The molecule has 0 saturated carbocycles. The summed E-state index contributed by atoms with van der Waals surface area (Å²) in [6.45, 7) is 0. The van der Waals surface area contributed by atoms with Gasteiger partial charge in [-0.05, 0) is 49.8 Å². The number of rotatable bonds is 6. The lowest BCUT2D eigenvalue weighted by Crippen LogP contribution is -2.23. The van der Waals surface area contributed by atoms with Gasteiger partial charge in [0.05, 0.1) is 10.6 Å². The monoisotopic (exact) mass is 409 g/mol. The Morgan fingerprint density at radius 1 is 1.19 bits per heavy atom. The summed E-state index contributed by atoms with van der Waals surface area (Å²) < 4.78 is 0.783. The van der Waals surface area contributed by atoms with Gasteiger partial charge in [0.2, 0.25) is 0 Å². The van der Waals surface area contributed by atoms with Crippen LogP contribution in [0.5, 0.6) is 0 Å². The average molecular weight is 410 g/mol. The number of carboxylic acids is 2. The van der Waals surface area contributed by atoms with Crippen molar-refractivity contribution >= 4 is 35.5 Å². The Kier molecular flexibility index (Phi) is 12.5. The zero-order valence-corrected chi connectivity index (χ0v) is 17.2. The van der Waals surface area contributed by atoms with Gasteiger partial charge in [-0.2, -0.15) is 0 Å². The minimum atomic E-state index is -1.82. The number of hydrogen-bond acceptors (Lipinski definition) is 5. The van der Waals surface area contributed by atoms with Crippen LogP contribution < -0.4 is 5.32 Å². The van der Waals surface area contributed by atoms with Crippen molar-refractivity contribution in [2.45, 2.75) is 42.7 Å². The zero-order chi connectivity index (χ0) is 19.9. The highest BCUT2D eigenvalue weighted by atomic mass is 32.2. The number of carboxylic acid groups (broad SMARTS) is 2. The number of nitrogens with one attached hydrogen (secondary N) is 1. The molecule has 5 nitrogen and oxygen atoms in total. The third-order valence-electron chi connectivity index (χ3n) is 3.77. The van der Waals surface area contributed by atoms with E-state index in [0.717, 1.165) is 23.8 Å². The van der Waals surface area contributed by atoms with Crippen molar-refractivity contribution in [1.82, 2.24) is 5.32 Å². The van der Waals surface area contributed by atoms with Crippen molar-refractivity contribution in [3.63, 3.8) is 0 Å². The molecule has 148 valence electrons. The van der Waals surface area contributed by atoms with Crippen molar-refractivity contribution in [2.75, 3.05) is 18.6 Å². The van der Waals surface area contributed by atoms with Crippen molar-refractivity contribution in [3.8, 4) is 11.8 Å². The number of benzene rings is 1. The molecular weight excluding hydrogens is 382 g/mol. The highest BCUT2D eigenvalue weighted by Crippen LogP contribution is 2.33. The highest BCUT2D eigenvalue weighted by molar-refractivity contribution is 8.17. The van der Waals surface area contributed by atoms with Crippen LogP contribution in [0.2, 0.25) is 0 Å². The molecule has 1 aromatic carbocycles. The first kappa shape index (κ1) is 23.4. The molecule has 0 amide bonds. The molecule has 1 aliphatic heterocycles. The Bertz CT molecular complexity index is 610. The Morgan fingerprint density at radius 2 is 1.81 bits per heavy atom. The number of carbonyl (C=O) groups is 2. The Balaban J connectivity index is 0.000000527. The fourth-order valence-electron chi connectivity index (χ4n) is 2.33. The van der Waals surface area contributed by atoms with Gasteiger partial charge in [0.15, 0.2) is 0 Å². The molecule has 3 N–H and O–H groups in total. The number of aryl methyl sites for hydroxylation is 1. The van der Waals surface area contributed by atoms with Crippen molar-refractivity contribution in [3.05, 3.63) is 35.9 Å². The molecule has 1 heterocycles. The Labute approximate surface area is 169 Å². The van der Waals surface area contributed by atoms with E-state index in [0.29, 0.717) is 6.04 Å².